The van der Waals surface area contributed by atoms with Gasteiger partial charge in [-0.3, -0.25) is 14.4 Å². The van der Waals surface area contributed by atoms with Crippen molar-refractivity contribution in [3.05, 3.63) is 97.2 Å². The highest BCUT2D eigenvalue weighted by Crippen LogP contribution is 2.18. The molecule has 0 aliphatic rings. The van der Waals surface area contributed by atoms with Crippen LogP contribution in [-0.4, -0.2) is 37.2 Å². The van der Waals surface area contributed by atoms with Crippen LogP contribution in [-0.2, 0) is 28.6 Å². The summed E-state index contributed by atoms with van der Waals surface area (Å²) < 4.78 is 16.9. The topological polar surface area (TPSA) is 78.9 Å². The normalized spacial score (nSPS) is 12.7. The van der Waals surface area contributed by atoms with E-state index in [0.717, 1.165) is 89.9 Å². The van der Waals surface area contributed by atoms with Crippen molar-refractivity contribution >= 4 is 17.9 Å². The summed E-state index contributed by atoms with van der Waals surface area (Å²) in [7, 11) is 0. The number of unbranched alkanes of at least 4 members (excludes halogenated alkanes) is 37. The van der Waals surface area contributed by atoms with E-state index in [2.05, 4.69) is 112 Å². The predicted octanol–water partition coefficient (Wildman–Crippen LogP) is 24.4. The Labute approximate surface area is 508 Å². The molecule has 82 heavy (non-hydrogen) atoms. The molecular formula is C76H132O6. The number of rotatable bonds is 64. The van der Waals surface area contributed by atoms with Crippen LogP contribution in [0, 0.1) is 0 Å². The smallest absolute Gasteiger partial charge is 0.306 e. The van der Waals surface area contributed by atoms with Gasteiger partial charge in [0, 0.05) is 19.3 Å². The zero-order valence-electron chi connectivity index (χ0n) is 54.2. The number of carbonyl (C=O) groups excluding carboxylic acids is 3. The Bertz CT molecular complexity index is 1590. The van der Waals surface area contributed by atoms with E-state index in [-0.39, 0.29) is 37.5 Å². The fraction of sp³-hybridized carbons (Fsp3) is 0.750. The van der Waals surface area contributed by atoms with Crippen LogP contribution in [0.25, 0.3) is 0 Å². The van der Waals surface area contributed by atoms with Crippen molar-refractivity contribution in [1.29, 1.82) is 0 Å². The summed E-state index contributed by atoms with van der Waals surface area (Å²) in [6.07, 6.45) is 94.7. The maximum absolute atomic E-state index is 12.9. The SMILES string of the molecule is CC/C=C\C/C=C\C/C=C\C/C=C\CCCCCCCCCCCCCCCCCCCCCCCCC(=O)OCC(COC(=O)CC/C=C\C/C=C\C/C=C\C/C=C\CC)OC(=O)CCCCCCCCCCCCCCCCCC. The molecule has 1 unspecified atom stereocenters. The van der Waals surface area contributed by atoms with E-state index in [1.165, 1.54) is 212 Å². The van der Waals surface area contributed by atoms with Crippen molar-refractivity contribution in [2.45, 2.75) is 354 Å². The first-order valence-corrected chi connectivity index (χ1v) is 35.2. The zero-order valence-corrected chi connectivity index (χ0v) is 54.2. The Morgan fingerprint density at radius 1 is 0.256 bits per heavy atom. The van der Waals surface area contributed by atoms with Gasteiger partial charge in [-0.25, -0.2) is 0 Å². The average Bonchev–Trinajstić information content (AvgIpc) is 3.47. The molecule has 0 saturated carbocycles. The summed E-state index contributed by atoms with van der Waals surface area (Å²) in [5, 5.41) is 0. The van der Waals surface area contributed by atoms with Crippen molar-refractivity contribution in [3.63, 3.8) is 0 Å². The summed E-state index contributed by atoms with van der Waals surface area (Å²) >= 11 is 0. The third-order valence-electron chi connectivity index (χ3n) is 15.3. The van der Waals surface area contributed by atoms with Crippen LogP contribution < -0.4 is 0 Å². The standard InChI is InChI=1S/C76H132O6/c1-4-7-10-13-16-19-22-25-27-29-30-31-32-33-34-35-36-37-38-39-40-41-42-43-44-45-46-47-49-51-54-57-60-63-66-69-75(78)81-72-73(71-80-74(77)68-65-62-59-56-53-50-24-21-18-15-12-9-6-3)82-76(79)70-67-64-61-58-55-52-48-28-26-23-20-17-14-11-8-5-2/h7,9-10,12,16,18-19,21,25,27,30-31,50,53,59,62,73H,4-6,8,11,13-15,17,20,22-24,26,28-29,32-49,51-52,54-58,60-61,63-72H2,1-3H3/b10-7-,12-9-,19-16-,21-18-,27-25-,31-30-,53-50-,62-59-. The van der Waals surface area contributed by atoms with Crippen molar-refractivity contribution < 1.29 is 28.6 Å². The molecule has 0 fully saturated rings. The molecule has 0 spiro atoms. The van der Waals surface area contributed by atoms with Crippen molar-refractivity contribution in [3.8, 4) is 0 Å². The molecule has 0 aliphatic heterocycles. The van der Waals surface area contributed by atoms with Crippen molar-refractivity contribution in [2.24, 2.45) is 0 Å². The minimum Gasteiger partial charge on any atom is -0.462 e. The largest absolute Gasteiger partial charge is 0.462 e. The highest BCUT2D eigenvalue weighted by molar-refractivity contribution is 5.71. The van der Waals surface area contributed by atoms with Crippen molar-refractivity contribution in [2.75, 3.05) is 13.2 Å². The van der Waals surface area contributed by atoms with Crippen LogP contribution in [0.3, 0.4) is 0 Å². The maximum Gasteiger partial charge on any atom is 0.306 e. The van der Waals surface area contributed by atoms with E-state index in [0.29, 0.717) is 19.3 Å². The summed E-state index contributed by atoms with van der Waals surface area (Å²) in [4.78, 5) is 38.3. The lowest BCUT2D eigenvalue weighted by atomic mass is 10.0. The maximum atomic E-state index is 12.9. The van der Waals surface area contributed by atoms with E-state index in [1.807, 2.05) is 6.08 Å². The van der Waals surface area contributed by atoms with Gasteiger partial charge in [-0.15, -0.1) is 0 Å². The van der Waals surface area contributed by atoms with Crippen molar-refractivity contribution in [1.82, 2.24) is 0 Å². The summed E-state index contributed by atoms with van der Waals surface area (Å²) in [5.41, 5.74) is 0. The third-order valence-corrected chi connectivity index (χ3v) is 15.3. The first-order chi connectivity index (χ1) is 40.5. The molecule has 0 rings (SSSR count). The predicted molar refractivity (Wildman–Crippen MR) is 357 cm³/mol. The number of ether oxygens (including phenoxy) is 3. The molecule has 1 atom stereocenters. The Morgan fingerprint density at radius 3 is 0.817 bits per heavy atom. The number of carbonyl (C=O) groups is 3. The number of esters is 3. The lowest BCUT2D eigenvalue weighted by Crippen LogP contribution is -2.30. The van der Waals surface area contributed by atoms with E-state index < -0.39 is 6.10 Å². The van der Waals surface area contributed by atoms with Gasteiger partial charge in [-0.2, -0.15) is 0 Å². The third kappa shape index (κ3) is 67.1. The molecule has 0 amide bonds. The Hall–Kier alpha value is -3.67. The summed E-state index contributed by atoms with van der Waals surface area (Å²) in [6, 6.07) is 0. The van der Waals surface area contributed by atoms with E-state index in [1.54, 1.807) is 0 Å². The highest BCUT2D eigenvalue weighted by Gasteiger charge is 2.19. The molecule has 0 aliphatic carbocycles. The molecule has 0 bridgehead atoms. The molecule has 0 aromatic heterocycles. The fourth-order valence-electron chi connectivity index (χ4n) is 10.2. The Balaban J connectivity index is 4.12. The van der Waals surface area contributed by atoms with Crippen LogP contribution in [0.4, 0.5) is 0 Å². The second-order valence-electron chi connectivity index (χ2n) is 23.4. The van der Waals surface area contributed by atoms with Gasteiger partial charge < -0.3 is 14.2 Å². The zero-order chi connectivity index (χ0) is 59.2. The van der Waals surface area contributed by atoms with Gasteiger partial charge in [0.2, 0.25) is 0 Å². The van der Waals surface area contributed by atoms with Gasteiger partial charge in [0.15, 0.2) is 6.10 Å². The Morgan fingerprint density at radius 2 is 0.500 bits per heavy atom. The molecule has 0 N–H and O–H groups in total. The number of allylic oxidation sites excluding steroid dienone is 16. The molecule has 6 nitrogen and oxygen atoms in total. The molecule has 0 aromatic carbocycles. The highest BCUT2D eigenvalue weighted by atomic mass is 16.6. The van der Waals surface area contributed by atoms with Crippen LogP contribution in [0.1, 0.15) is 348 Å². The van der Waals surface area contributed by atoms with Crippen LogP contribution in [0.2, 0.25) is 0 Å². The lowest BCUT2D eigenvalue weighted by molar-refractivity contribution is -0.166. The van der Waals surface area contributed by atoms with Gasteiger partial charge in [-0.05, 0) is 83.5 Å². The number of hydrogen-bond donors (Lipinski definition) is 0. The van der Waals surface area contributed by atoms with Gasteiger partial charge in [0.05, 0.1) is 0 Å². The first kappa shape index (κ1) is 78.3. The lowest BCUT2D eigenvalue weighted by Gasteiger charge is -2.18. The molecule has 0 aromatic rings. The minimum atomic E-state index is -0.803. The summed E-state index contributed by atoms with van der Waals surface area (Å²) in [6.45, 7) is 6.39. The number of hydrogen-bond acceptors (Lipinski definition) is 6. The van der Waals surface area contributed by atoms with E-state index >= 15 is 0 Å². The van der Waals surface area contributed by atoms with Crippen LogP contribution >= 0.6 is 0 Å². The Kier molecular flexibility index (Phi) is 66.7. The molecule has 0 radical (unpaired) electrons. The fourth-order valence-corrected chi connectivity index (χ4v) is 10.2. The molecule has 0 heterocycles. The molecule has 472 valence electrons. The van der Waals surface area contributed by atoms with Gasteiger partial charge >= 0.3 is 17.9 Å². The van der Waals surface area contributed by atoms with Crippen LogP contribution in [0.15, 0.2) is 97.2 Å². The first-order valence-electron chi connectivity index (χ1n) is 35.2. The van der Waals surface area contributed by atoms with E-state index in [9.17, 15) is 14.4 Å². The van der Waals surface area contributed by atoms with Gasteiger partial charge in [0.1, 0.15) is 13.2 Å². The average molecular weight is 1140 g/mol. The van der Waals surface area contributed by atoms with E-state index in [4.69, 9.17) is 14.2 Å². The second-order valence-corrected chi connectivity index (χ2v) is 23.4. The minimum absolute atomic E-state index is 0.0937. The molecule has 0 saturated heterocycles. The van der Waals surface area contributed by atoms with Gasteiger partial charge in [-0.1, -0.05) is 343 Å². The molecular weight excluding hydrogens is 1010 g/mol. The monoisotopic (exact) mass is 1140 g/mol. The van der Waals surface area contributed by atoms with Crippen LogP contribution in [0.5, 0.6) is 0 Å². The van der Waals surface area contributed by atoms with Gasteiger partial charge in [0.25, 0.3) is 0 Å². The summed E-state index contributed by atoms with van der Waals surface area (Å²) in [5.74, 6) is -0.961. The molecule has 6 heteroatoms. The second kappa shape index (κ2) is 69.8. The quantitative estimate of drug-likeness (QED) is 0.0261.